The lowest BCUT2D eigenvalue weighted by Gasteiger charge is -2.33. The Hall–Kier alpha value is -0.730. The van der Waals surface area contributed by atoms with E-state index < -0.39 is 0 Å². The second kappa shape index (κ2) is 18.3. The molecule has 0 aromatic carbocycles. The van der Waals surface area contributed by atoms with Crippen LogP contribution in [0.1, 0.15) is 136 Å². The van der Waals surface area contributed by atoms with Crippen molar-refractivity contribution >= 4 is 6.03 Å². The number of rotatable bonds is 17. The third-order valence-electron chi connectivity index (χ3n) is 6.37. The van der Waals surface area contributed by atoms with Crippen LogP contribution in [0.5, 0.6) is 0 Å². The fourth-order valence-corrected chi connectivity index (χ4v) is 4.37. The lowest BCUT2D eigenvalue weighted by Crippen LogP contribution is -2.47. The Morgan fingerprint density at radius 3 is 1.68 bits per heavy atom. The maximum absolute atomic E-state index is 12.2. The van der Waals surface area contributed by atoms with Crippen LogP contribution in [0, 0.1) is 0 Å². The Morgan fingerprint density at radius 2 is 1.21 bits per heavy atom. The monoisotopic (exact) mass is 394 g/mol. The molecular weight excluding hydrogens is 344 g/mol. The minimum atomic E-state index is 0.160. The summed E-state index contributed by atoms with van der Waals surface area (Å²) in [6.45, 7) is 6.25. The van der Waals surface area contributed by atoms with Crippen LogP contribution in [0.15, 0.2) is 0 Å². The van der Waals surface area contributed by atoms with Crippen LogP contribution >= 0.6 is 0 Å². The van der Waals surface area contributed by atoms with Crippen LogP contribution in [0.2, 0.25) is 0 Å². The van der Waals surface area contributed by atoms with Gasteiger partial charge < -0.3 is 10.2 Å². The molecule has 1 aliphatic heterocycles. The van der Waals surface area contributed by atoms with Gasteiger partial charge in [-0.05, 0) is 32.6 Å². The lowest BCUT2D eigenvalue weighted by atomic mass is 10.0. The second-order valence-electron chi connectivity index (χ2n) is 9.07. The predicted octanol–water partition coefficient (Wildman–Crippen LogP) is 7.83. The first-order valence-corrected chi connectivity index (χ1v) is 12.8. The molecule has 0 aliphatic carbocycles. The van der Waals surface area contributed by atoms with Gasteiger partial charge in [0, 0.05) is 19.1 Å². The van der Waals surface area contributed by atoms with Crippen molar-refractivity contribution in [2.75, 3.05) is 13.1 Å². The Labute approximate surface area is 176 Å². The molecule has 166 valence electrons. The van der Waals surface area contributed by atoms with Gasteiger partial charge >= 0.3 is 6.03 Å². The van der Waals surface area contributed by atoms with Crippen molar-refractivity contribution in [2.45, 2.75) is 142 Å². The van der Waals surface area contributed by atoms with E-state index in [4.69, 9.17) is 0 Å². The Balaban J connectivity index is 1.76. The highest BCUT2D eigenvalue weighted by Gasteiger charge is 2.22. The van der Waals surface area contributed by atoms with Gasteiger partial charge in [-0.3, -0.25) is 0 Å². The number of nitrogens with zero attached hydrogens (tertiary/aromatic N) is 1. The molecule has 1 atom stereocenters. The molecule has 28 heavy (non-hydrogen) atoms. The average molecular weight is 395 g/mol. The number of piperidine rings is 1. The van der Waals surface area contributed by atoms with Crippen molar-refractivity contribution in [1.82, 2.24) is 10.2 Å². The first kappa shape index (κ1) is 25.3. The molecule has 3 nitrogen and oxygen atoms in total. The van der Waals surface area contributed by atoms with Crippen LogP contribution in [-0.2, 0) is 0 Å². The molecule has 0 saturated carbocycles. The van der Waals surface area contributed by atoms with E-state index in [1.54, 1.807) is 0 Å². The minimum Gasteiger partial charge on any atom is -0.338 e. The highest BCUT2D eigenvalue weighted by molar-refractivity contribution is 5.74. The second-order valence-corrected chi connectivity index (χ2v) is 9.07. The quantitative estimate of drug-likeness (QED) is 0.250. The van der Waals surface area contributed by atoms with Crippen molar-refractivity contribution < 1.29 is 4.79 Å². The molecule has 0 spiro atoms. The summed E-state index contributed by atoms with van der Waals surface area (Å²) in [5, 5.41) is 3.12. The fraction of sp³-hybridized carbons (Fsp3) is 0.960. The number of likely N-dealkylation sites (tertiary alicyclic amines) is 1. The van der Waals surface area contributed by atoms with E-state index in [0.29, 0.717) is 6.04 Å². The number of carbonyl (C=O) groups is 1. The van der Waals surface area contributed by atoms with Crippen LogP contribution in [0.3, 0.4) is 0 Å². The zero-order valence-corrected chi connectivity index (χ0v) is 19.3. The standard InChI is InChI=1S/C25H50N2O/c1-3-4-5-6-7-8-9-10-11-12-13-14-15-16-17-19-22-26-25(28)27-23-20-18-21-24(27)2/h24H,3-23H2,1-2H3,(H,26,28). The zero-order chi connectivity index (χ0) is 20.3. The summed E-state index contributed by atoms with van der Waals surface area (Å²) in [6.07, 6.45) is 25.8. The van der Waals surface area contributed by atoms with Crippen LogP contribution in [-0.4, -0.2) is 30.1 Å². The number of nitrogens with one attached hydrogen (secondary N) is 1. The molecule has 1 aliphatic rings. The van der Waals surface area contributed by atoms with Crippen molar-refractivity contribution in [3.8, 4) is 0 Å². The highest BCUT2D eigenvalue weighted by atomic mass is 16.2. The number of carbonyl (C=O) groups excluding carboxylic acids is 1. The van der Waals surface area contributed by atoms with E-state index in [1.165, 1.54) is 103 Å². The Bertz CT molecular complexity index is 358. The van der Waals surface area contributed by atoms with Gasteiger partial charge in [-0.1, -0.05) is 103 Å². The summed E-state index contributed by atoms with van der Waals surface area (Å²) in [6, 6.07) is 0.577. The van der Waals surface area contributed by atoms with Gasteiger partial charge in [-0.15, -0.1) is 0 Å². The van der Waals surface area contributed by atoms with Gasteiger partial charge in [0.05, 0.1) is 0 Å². The highest BCUT2D eigenvalue weighted by Crippen LogP contribution is 2.16. The van der Waals surface area contributed by atoms with Gasteiger partial charge in [0.1, 0.15) is 0 Å². The third kappa shape index (κ3) is 13.4. The summed E-state index contributed by atoms with van der Waals surface area (Å²) >= 11 is 0. The van der Waals surface area contributed by atoms with Crippen molar-refractivity contribution in [1.29, 1.82) is 0 Å². The summed E-state index contributed by atoms with van der Waals surface area (Å²) in [5.74, 6) is 0. The van der Waals surface area contributed by atoms with E-state index in [-0.39, 0.29) is 6.03 Å². The van der Waals surface area contributed by atoms with Crippen molar-refractivity contribution in [3.63, 3.8) is 0 Å². The Morgan fingerprint density at radius 1 is 0.750 bits per heavy atom. The molecule has 1 saturated heterocycles. The van der Waals surface area contributed by atoms with Gasteiger partial charge in [0.25, 0.3) is 0 Å². The number of urea groups is 1. The number of amides is 2. The average Bonchev–Trinajstić information content (AvgIpc) is 2.70. The molecule has 0 aromatic heterocycles. The smallest absolute Gasteiger partial charge is 0.317 e. The van der Waals surface area contributed by atoms with E-state index in [2.05, 4.69) is 19.2 Å². The van der Waals surface area contributed by atoms with Crippen LogP contribution < -0.4 is 5.32 Å². The Kier molecular flexibility index (Phi) is 16.5. The van der Waals surface area contributed by atoms with Gasteiger partial charge in [0.2, 0.25) is 0 Å². The molecule has 3 heteroatoms. The van der Waals surface area contributed by atoms with Gasteiger partial charge in [-0.25, -0.2) is 4.79 Å². The first-order chi connectivity index (χ1) is 13.8. The topological polar surface area (TPSA) is 32.3 Å². The van der Waals surface area contributed by atoms with E-state index >= 15 is 0 Å². The lowest BCUT2D eigenvalue weighted by molar-refractivity contribution is 0.158. The fourth-order valence-electron chi connectivity index (χ4n) is 4.37. The largest absolute Gasteiger partial charge is 0.338 e. The molecule has 0 aromatic rings. The minimum absolute atomic E-state index is 0.160. The number of unbranched alkanes of at least 4 members (excludes halogenated alkanes) is 15. The van der Waals surface area contributed by atoms with E-state index in [0.717, 1.165) is 32.4 Å². The zero-order valence-electron chi connectivity index (χ0n) is 19.3. The molecule has 2 amide bonds. The molecule has 1 fully saturated rings. The van der Waals surface area contributed by atoms with Crippen LogP contribution in [0.4, 0.5) is 4.79 Å². The summed E-state index contributed by atoms with van der Waals surface area (Å²) in [7, 11) is 0. The van der Waals surface area contributed by atoms with E-state index in [9.17, 15) is 4.79 Å². The summed E-state index contributed by atoms with van der Waals surface area (Å²) in [5.41, 5.74) is 0. The van der Waals surface area contributed by atoms with Crippen LogP contribution in [0.25, 0.3) is 0 Å². The van der Waals surface area contributed by atoms with E-state index in [1.807, 2.05) is 4.90 Å². The molecule has 1 heterocycles. The molecule has 1 rings (SSSR count). The normalized spacial score (nSPS) is 17.1. The molecular formula is C25H50N2O. The molecule has 1 unspecified atom stereocenters. The number of hydrogen-bond acceptors (Lipinski definition) is 1. The molecule has 0 radical (unpaired) electrons. The molecule has 1 N–H and O–H groups in total. The van der Waals surface area contributed by atoms with Crippen molar-refractivity contribution in [3.05, 3.63) is 0 Å². The SMILES string of the molecule is CCCCCCCCCCCCCCCCCCNC(=O)N1CCCCC1C. The number of hydrogen-bond donors (Lipinski definition) is 1. The maximum Gasteiger partial charge on any atom is 0.317 e. The van der Waals surface area contributed by atoms with Gasteiger partial charge in [0.15, 0.2) is 0 Å². The predicted molar refractivity (Wildman–Crippen MR) is 123 cm³/mol. The first-order valence-electron chi connectivity index (χ1n) is 12.8. The van der Waals surface area contributed by atoms with Crippen molar-refractivity contribution in [2.24, 2.45) is 0 Å². The third-order valence-corrected chi connectivity index (χ3v) is 6.37. The summed E-state index contributed by atoms with van der Waals surface area (Å²) < 4.78 is 0. The van der Waals surface area contributed by atoms with Gasteiger partial charge in [-0.2, -0.15) is 0 Å². The molecule has 0 bridgehead atoms. The summed E-state index contributed by atoms with van der Waals surface area (Å²) in [4.78, 5) is 14.2. The maximum atomic E-state index is 12.2.